The Morgan fingerprint density at radius 1 is 1.26 bits per heavy atom. The van der Waals surface area contributed by atoms with Gasteiger partial charge < -0.3 is 10.1 Å². The van der Waals surface area contributed by atoms with Gasteiger partial charge in [-0.1, -0.05) is 18.2 Å². The molecule has 2 rings (SSSR count). The highest BCUT2D eigenvalue weighted by Crippen LogP contribution is 2.14. The van der Waals surface area contributed by atoms with Crippen molar-refractivity contribution in [3.05, 3.63) is 59.5 Å². The molecular weight excluding hydrogens is 243 g/mol. The first-order valence-electron chi connectivity index (χ1n) is 6.18. The number of halogens is 1. The maximum absolute atomic E-state index is 13.1. The molecule has 19 heavy (non-hydrogen) atoms. The second-order valence-corrected chi connectivity index (χ2v) is 4.33. The quantitative estimate of drug-likeness (QED) is 0.897. The van der Waals surface area contributed by atoms with Crippen LogP contribution in [0, 0.1) is 5.82 Å². The normalized spacial score (nSPS) is 12.2. The number of methoxy groups -OCH3 is 1. The van der Waals surface area contributed by atoms with Gasteiger partial charge in [0.2, 0.25) is 5.88 Å². The van der Waals surface area contributed by atoms with Gasteiger partial charge in [-0.3, -0.25) is 0 Å². The summed E-state index contributed by atoms with van der Waals surface area (Å²) >= 11 is 0. The molecule has 0 unspecified atom stereocenters. The van der Waals surface area contributed by atoms with E-state index >= 15 is 0 Å². The topological polar surface area (TPSA) is 34.1 Å². The summed E-state index contributed by atoms with van der Waals surface area (Å²) in [6.45, 7) is 2.60. The number of aromatic nitrogens is 1. The van der Waals surface area contributed by atoms with Crippen molar-refractivity contribution in [2.24, 2.45) is 0 Å². The summed E-state index contributed by atoms with van der Waals surface area (Å²) in [5, 5.41) is 3.31. The maximum atomic E-state index is 13.1. The third kappa shape index (κ3) is 3.76. The zero-order valence-corrected chi connectivity index (χ0v) is 11.1. The fraction of sp³-hybridized carbons (Fsp3) is 0.267. The Hall–Kier alpha value is -1.94. The zero-order chi connectivity index (χ0) is 13.7. The van der Waals surface area contributed by atoms with Crippen LogP contribution in [-0.2, 0) is 6.54 Å². The third-order valence-electron chi connectivity index (χ3n) is 2.93. The van der Waals surface area contributed by atoms with Crippen molar-refractivity contribution in [1.82, 2.24) is 10.3 Å². The molecule has 0 fully saturated rings. The van der Waals surface area contributed by atoms with Gasteiger partial charge in [0.1, 0.15) is 5.82 Å². The second kappa shape index (κ2) is 6.29. The van der Waals surface area contributed by atoms with E-state index in [9.17, 15) is 4.39 Å². The zero-order valence-electron chi connectivity index (χ0n) is 11.1. The van der Waals surface area contributed by atoms with Gasteiger partial charge in [0.25, 0.3) is 0 Å². The Bertz CT molecular complexity index is 545. The van der Waals surface area contributed by atoms with Gasteiger partial charge in [0, 0.05) is 18.7 Å². The molecule has 0 radical (unpaired) electrons. The van der Waals surface area contributed by atoms with Crippen LogP contribution in [-0.4, -0.2) is 12.1 Å². The first-order valence-corrected chi connectivity index (χ1v) is 6.18. The van der Waals surface area contributed by atoms with Gasteiger partial charge >= 0.3 is 0 Å². The average molecular weight is 260 g/mol. The summed E-state index contributed by atoms with van der Waals surface area (Å²) in [6.07, 6.45) is 0. The van der Waals surface area contributed by atoms with E-state index < -0.39 is 0 Å². The minimum atomic E-state index is -0.217. The molecule has 0 saturated heterocycles. The van der Waals surface area contributed by atoms with Crippen molar-refractivity contribution in [3.8, 4) is 5.88 Å². The van der Waals surface area contributed by atoms with Gasteiger partial charge in [0.15, 0.2) is 0 Å². The van der Waals surface area contributed by atoms with E-state index in [4.69, 9.17) is 4.74 Å². The van der Waals surface area contributed by atoms with Crippen molar-refractivity contribution < 1.29 is 9.13 Å². The lowest BCUT2D eigenvalue weighted by molar-refractivity contribution is 0.395. The Morgan fingerprint density at radius 3 is 2.79 bits per heavy atom. The first-order chi connectivity index (χ1) is 9.19. The number of ether oxygens (including phenoxy) is 1. The number of nitrogens with zero attached hydrogens (tertiary/aromatic N) is 1. The molecule has 2 aromatic rings. The van der Waals surface area contributed by atoms with Gasteiger partial charge in [-0.25, -0.2) is 9.37 Å². The molecule has 1 aromatic carbocycles. The number of rotatable bonds is 5. The first kappa shape index (κ1) is 13.5. The highest BCUT2D eigenvalue weighted by molar-refractivity contribution is 5.20. The molecule has 0 bridgehead atoms. The van der Waals surface area contributed by atoms with E-state index in [0.717, 1.165) is 11.3 Å². The number of nitrogens with one attached hydrogen (secondary N) is 1. The van der Waals surface area contributed by atoms with Crippen LogP contribution in [0.15, 0.2) is 42.5 Å². The van der Waals surface area contributed by atoms with Crippen molar-refractivity contribution in [3.63, 3.8) is 0 Å². The number of hydrogen-bond donors (Lipinski definition) is 1. The molecule has 3 nitrogen and oxygen atoms in total. The van der Waals surface area contributed by atoms with Gasteiger partial charge in [-0.15, -0.1) is 0 Å². The summed E-state index contributed by atoms with van der Waals surface area (Å²) in [4.78, 5) is 4.32. The molecule has 1 N–H and O–H groups in total. The molecule has 1 heterocycles. The molecule has 1 aromatic heterocycles. The molecule has 0 aliphatic rings. The lowest BCUT2D eigenvalue weighted by Crippen LogP contribution is -2.18. The molecule has 0 aliphatic heterocycles. The number of benzene rings is 1. The monoisotopic (exact) mass is 260 g/mol. The lowest BCUT2D eigenvalue weighted by Gasteiger charge is -2.14. The minimum Gasteiger partial charge on any atom is -0.481 e. The summed E-state index contributed by atoms with van der Waals surface area (Å²) in [7, 11) is 1.59. The van der Waals surface area contributed by atoms with Crippen LogP contribution in [0.1, 0.15) is 24.2 Å². The summed E-state index contributed by atoms with van der Waals surface area (Å²) in [5.41, 5.74) is 1.81. The largest absolute Gasteiger partial charge is 0.481 e. The molecular formula is C15H17FN2O. The highest BCUT2D eigenvalue weighted by atomic mass is 19.1. The molecule has 1 atom stereocenters. The number of pyridine rings is 1. The maximum Gasteiger partial charge on any atom is 0.213 e. The summed E-state index contributed by atoms with van der Waals surface area (Å²) < 4.78 is 18.2. The fourth-order valence-corrected chi connectivity index (χ4v) is 1.82. The highest BCUT2D eigenvalue weighted by Gasteiger charge is 2.06. The predicted octanol–water partition coefficient (Wildman–Crippen LogP) is 3.08. The van der Waals surface area contributed by atoms with E-state index in [-0.39, 0.29) is 11.9 Å². The van der Waals surface area contributed by atoms with E-state index in [1.165, 1.54) is 12.1 Å². The molecule has 0 spiro atoms. The van der Waals surface area contributed by atoms with E-state index in [0.29, 0.717) is 12.4 Å². The summed E-state index contributed by atoms with van der Waals surface area (Å²) in [5.74, 6) is 0.378. The third-order valence-corrected chi connectivity index (χ3v) is 2.93. The molecule has 100 valence electrons. The number of hydrogen-bond acceptors (Lipinski definition) is 3. The van der Waals surface area contributed by atoms with Crippen molar-refractivity contribution in [1.29, 1.82) is 0 Å². The minimum absolute atomic E-state index is 0.0590. The van der Waals surface area contributed by atoms with Crippen LogP contribution in [0.25, 0.3) is 0 Å². The van der Waals surface area contributed by atoms with Crippen LogP contribution in [0.3, 0.4) is 0 Å². The van der Waals surface area contributed by atoms with Crippen LogP contribution >= 0.6 is 0 Å². The predicted molar refractivity (Wildman–Crippen MR) is 72.4 cm³/mol. The van der Waals surface area contributed by atoms with Gasteiger partial charge in [0.05, 0.1) is 12.8 Å². The lowest BCUT2D eigenvalue weighted by atomic mass is 10.1. The molecule has 4 heteroatoms. The average Bonchev–Trinajstić information content (AvgIpc) is 2.45. The molecule has 0 saturated carbocycles. The van der Waals surface area contributed by atoms with Gasteiger partial charge in [-0.05, 0) is 30.7 Å². The SMILES string of the molecule is COc1cccc(CN[C@@H](C)c2cccc(F)c2)n1. The Labute approximate surface area is 112 Å². The van der Waals surface area contributed by atoms with Crippen molar-refractivity contribution >= 4 is 0 Å². The van der Waals surface area contributed by atoms with Crippen molar-refractivity contribution in [2.75, 3.05) is 7.11 Å². The van der Waals surface area contributed by atoms with Crippen LogP contribution < -0.4 is 10.1 Å². The summed E-state index contributed by atoms with van der Waals surface area (Å²) in [6, 6.07) is 12.3. The van der Waals surface area contributed by atoms with E-state index in [1.807, 2.05) is 25.1 Å². The van der Waals surface area contributed by atoms with Crippen molar-refractivity contribution in [2.45, 2.75) is 19.5 Å². The molecule has 0 amide bonds. The van der Waals surface area contributed by atoms with E-state index in [1.54, 1.807) is 19.2 Å². The van der Waals surface area contributed by atoms with Crippen LogP contribution in [0.2, 0.25) is 0 Å². The van der Waals surface area contributed by atoms with Crippen LogP contribution in [0.4, 0.5) is 4.39 Å². The molecule has 0 aliphatic carbocycles. The Kier molecular flexibility index (Phi) is 4.47. The fourth-order valence-electron chi connectivity index (χ4n) is 1.82. The second-order valence-electron chi connectivity index (χ2n) is 4.33. The Morgan fingerprint density at radius 2 is 2.05 bits per heavy atom. The smallest absolute Gasteiger partial charge is 0.213 e. The van der Waals surface area contributed by atoms with E-state index in [2.05, 4.69) is 10.3 Å². The van der Waals surface area contributed by atoms with Crippen LogP contribution in [0.5, 0.6) is 5.88 Å². The Balaban J connectivity index is 1.98. The standard InChI is InChI=1S/C15H17FN2O/c1-11(12-5-3-6-13(16)9-12)17-10-14-7-4-8-15(18-14)19-2/h3-9,11,17H,10H2,1-2H3/t11-/m0/s1. The van der Waals surface area contributed by atoms with Gasteiger partial charge in [-0.2, -0.15) is 0 Å².